The smallest absolute Gasteiger partial charge is 0.357 e. The molecule has 0 bridgehead atoms. The molecule has 0 fully saturated rings. The molecule has 0 saturated heterocycles. The minimum absolute atomic E-state index is 0.136. The zero-order valence-electron chi connectivity index (χ0n) is 16.6. The van der Waals surface area contributed by atoms with Crippen molar-refractivity contribution in [3.05, 3.63) is 46.1 Å². The van der Waals surface area contributed by atoms with Crippen LogP contribution in [0.25, 0.3) is 22.3 Å². The first-order valence-electron chi connectivity index (χ1n) is 8.95. The van der Waals surface area contributed by atoms with E-state index >= 15 is 0 Å². The number of ether oxygens (including phenoxy) is 2. The quantitative estimate of drug-likeness (QED) is 0.385. The number of fused-ring (bicyclic) bond motifs is 1. The summed E-state index contributed by atoms with van der Waals surface area (Å²) in [5.74, 6) is 0.289. The number of nitrogens with zero attached hydrogens (tertiary/aromatic N) is 3. The van der Waals surface area contributed by atoms with Crippen molar-refractivity contribution < 1.29 is 14.3 Å². The van der Waals surface area contributed by atoms with Crippen LogP contribution in [-0.4, -0.2) is 42.9 Å². The van der Waals surface area contributed by atoms with E-state index in [0.29, 0.717) is 44.3 Å². The Morgan fingerprint density at radius 2 is 2.07 bits per heavy atom. The molecule has 3 aromatic rings. The summed E-state index contributed by atoms with van der Waals surface area (Å²) in [4.78, 5) is 25.8. The molecular formula is C21H21ClN4O3. The van der Waals surface area contributed by atoms with Crippen molar-refractivity contribution in [1.82, 2.24) is 9.97 Å². The molecule has 1 aromatic heterocycles. The lowest BCUT2D eigenvalue weighted by molar-refractivity contribution is 0.0522. The first kappa shape index (κ1) is 20.5. The third kappa shape index (κ3) is 3.86. The summed E-state index contributed by atoms with van der Waals surface area (Å²) in [6.45, 7) is 3.80. The van der Waals surface area contributed by atoms with Gasteiger partial charge < -0.3 is 15.2 Å². The lowest BCUT2D eigenvalue weighted by atomic mass is 10.0. The summed E-state index contributed by atoms with van der Waals surface area (Å²) < 4.78 is 10.8. The number of aromatic nitrogens is 2. The second-order valence-corrected chi connectivity index (χ2v) is 6.69. The fraction of sp³-hybridized carbons (Fsp3) is 0.238. The van der Waals surface area contributed by atoms with Crippen LogP contribution >= 0.6 is 11.6 Å². The normalized spacial score (nSPS) is 11.2. The van der Waals surface area contributed by atoms with Gasteiger partial charge in [0.1, 0.15) is 5.75 Å². The predicted molar refractivity (Wildman–Crippen MR) is 115 cm³/mol. The number of nitrogens with two attached hydrogens (primary N) is 1. The van der Waals surface area contributed by atoms with Gasteiger partial charge in [-0.3, -0.25) is 4.99 Å². The summed E-state index contributed by atoms with van der Waals surface area (Å²) >= 11 is 6.11. The van der Waals surface area contributed by atoms with Crippen molar-refractivity contribution in [1.29, 1.82) is 0 Å². The monoisotopic (exact) mass is 412 g/mol. The van der Waals surface area contributed by atoms with Gasteiger partial charge in [0.25, 0.3) is 0 Å². The zero-order chi connectivity index (χ0) is 21.1. The van der Waals surface area contributed by atoms with Gasteiger partial charge in [-0.15, -0.1) is 0 Å². The van der Waals surface area contributed by atoms with E-state index in [4.69, 9.17) is 26.8 Å². The molecule has 0 saturated carbocycles. The highest BCUT2D eigenvalue weighted by atomic mass is 35.5. The number of rotatable bonds is 5. The number of methoxy groups -OCH3 is 1. The molecule has 1 heterocycles. The Morgan fingerprint density at radius 1 is 1.31 bits per heavy atom. The molecule has 2 aromatic carbocycles. The standard InChI is InChI=1S/C21H21ClN4O3/c1-5-29-21(27)18-14-9-13(22)6-7-16(14)25-20(26-18)15-8-12(10-24-3)17(23)11(2)19(15)28-4/h6-10H,5,23H2,1-4H3. The average molecular weight is 413 g/mol. The summed E-state index contributed by atoms with van der Waals surface area (Å²) in [6.07, 6.45) is 1.65. The molecule has 150 valence electrons. The van der Waals surface area contributed by atoms with E-state index in [-0.39, 0.29) is 12.3 Å². The van der Waals surface area contributed by atoms with Crippen LogP contribution in [0.4, 0.5) is 5.69 Å². The van der Waals surface area contributed by atoms with Gasteiger partial charge in [-0.2, -0.15) is 0 Å². The molecule has 0 amide bonds. The van der Waals surface area contributed by atoms with Crippen molar-refractivity contribution in [3.8, 4) is 17.1 Å². The third-order valence-corrected chi connectivity index (χ3v) is 4.67. The van der Waals surface area contributed by atoms with Crippen LogP contribution in [0.2, 0.25) is 5.02 Å². The molecule has 0 spiro atoms. The molecule has 0 aliphatic heterocycles. The van der Waals surface area contributed by atoms with Crippen molar-refractivity contribution in [2.75, 3.05) is 26.5 Å². The SMILES string of the molecule is CCOC(=O)c1nc(-c2cc(C=NC)c(N)c(C)c2OC)nc2ccc(Cl)cc12. The Labute approximate surface area is 173 Å². The number of esters is 1. The van der Waals surface area contributed by atoms with Crippen LogP contribution in [0.1, 0.15) is 28.5 Å². The predicted octanol–water partition coefficient (Wildman–Crippen LogP) is 4.07. The molecule has 3 rings (SSSR count). The highest BCUT2D eigenvalue weighted by Gasteiger charge is 2.21. The highest BCUT2D eigenvalue weighted by Crippen LogP contribution is 2.37. The van der Waals surface area contributed by atoms with Crippen LogP contribution in [0, 0.1) is 6.92 Å². The molecule has 8 heteroatoms. The average Bonchev–Trinajstić information content (AvgIpc) is 2.70. The van der Waals surface area contributed by atoms with Gasteiger partial charge in [0, 0.05) is 40.5 Å². The van der Waals surface area contributed by atoms with E-state index in [1.54, 1.807) is 51.6 Å². The van der Waals surface area contributed by atoms with Gasteiger partial charge in [-0.05, 0) is 38.1 Å². The van der Waals surface area contributed by atoms with Gasteiger partial charge in [0.15, 0.2) is 11.5 Å². The zero-order valence-corrected chi connectivity index (χ0v) is 17.4. The Balaban J connectivity index is 2.36. The number of anilines is 1. The van der Waals surface area contributed by atoms with E-state index in [1.807, 2.05) is 6.92 Å². The molecule has 2 N–H and O–H groups in total. The molecule has 0 unspecified atom stereocenters. The fourth-order valence-electron chi connectivity index (χ4n) is 3.09. The minimum Gasteiger partial charge on any atom is -0.496 e. The number of halogens is 1. The molecular weight excluding hydrogens is 392 g/mol. The fourth-order valence-corrected chi connectivity index (χ4v) is 3.26. The number of hydrogen-bond donors (Lipinski definition) is 1. The maximum absolute atomic E-state index is 12.6. The number of carbonyl (C=O) groups is 1. The molecule has 0 radical (unpaired) electrons. The highest BCUT2D eigenvalue weighted by molar-refractivity contribution is 6.31. The van der Waals surface area contributed by atoms with Crippen molar-refractivity contribution in [2.45, 2.75) is 13.8 Å². The second kappa shape index (κ2) is 8.45. The van der Waals surface area contributed by atoms with Crippen molar-refractivity contribution in [2.24, 2.45) is 4.99 Å². The number of aliphatic imine (C=N–C) groups is 1. The first-order valence-corrected chi connectivity index (χ1v) is 9.33. The van der Waals surface area contributed by atoms with Gasteiger partial charge >= 0.3 is 5.97 Å². The Kier molecular flexibility index (Phi) is 5.98. The summed E-state index contributed by atoms with van der Waals surface area (Å²) in [5, 5.41) is 0.989. The molecule has 29 heavy (non-hydrogen) atoms. The maximum atomic E-state index is 12.6. The van der Waals surface area contributed by atoms with Gasteiger partial charge in [-0.25, -0.2) is 14.8 Å². The number of hydrogen-bond acceptors (Lipinski definition) is 7. The minimum atomic E-state index is -0.551. The Morgan fingerprint density at radius 3 is 2.72 bits per heavy atom. The molecule has 0 atom stereocenters. The topological polar surface area (TPSA) is 99.7 Å². The summed E-state index contributed by atoms with van der Waals surface area (Å²) in [6, 6.07) is 6.88. The Bertz CT molecular complexity index is 1130. The van der Waals surface area contributed by atoms with E-state index in [2.05, 4.69) is 15.0 Å². The third-order valence-electron chi connectivity index (χ3n) is 4.44. The first-order chi connectivity index (χ1) is 13.9. The van der Waals surface area contributed by atoms with Gasteiger partial charge in [0.2, 0.25) is 0 Å². The lowest BCUT2D eigenvalue weighted by Gasteiger charge is -2.16. The van der Waals surface area contributed by atoms with E-state index in [0.717, 1.165) is 5.56 Å². The van der Waals surface area contributed by atoms with Crippen LogP contribution in [0.3, 0.4) is 0 Å². The lowest BCUT2D eigenvalue weighted by Crippen LogP contribution is -2.10. The van der Waals surface area contributed by atoms with Crippen LogP contribution < -0.4 is 10.5 Å². The molecule has 0 aliphatic rings. The van der Waals surface area contributed by atoms with Gasteiger partial charge in [-0.1, -0.05) is 11.6 Å². The van der Waals surface area contributed by atoms with E-state index < -0.39 is 5.97 Å². The van der Waals surface area contributed by atoms with E-state index in [9.17, 15) is 4.79 Å². The van der Waals surface area contributed by atoms with Crippen LogP contribution in [0.5, 0.6) is 5.75 Å². The maximum Gasteiger partial charge on any atom is 0.357 e. The van der Waals surface area contributed by atoms with Crippen molar-refractivity contribution >= 4 is 40.4 Å². The Hall–Kier alpha value is -3.19. The van der Waals surface area contributed by atoms with Crippen LogP contribution in [-0.2, 0) is 4.74 Å². The van der Waals surface area contributed by atoms with Gasteiger partial charge in [0.05, 0.1) is 24.8 Å². The van der Waals surface area contributed by atoms with E-state index in [1.165, 1.54) is 0 Å². The molecule has 0 aliphatic carbocycles. The van der Waals surface area contributed by atoms with Crippen LogP contribution in [0.15, 0.2) is 29.3 Å². The summed E-state index contributed by atoms with van der Waals surface area (Å²) in [5.41, 5.74) is 9.50. The molecule has 7 nitrogen and oxygen atoms in total. The largest absolute Gasteiger partial charge is 0.496 e. The summed E-state index contributed by atoms with van der Waals surface area (Å²) in [7, 11) is 3.21. The van der Waals surface area contributed by atoms with Crippen molar-refractivity contribution in [3.63, 3.8) is 0 Å². The second-order valence-electron chi connectivity index (χ2n) is 6.25. The number of nitrogen functional groups attached to an aromatic ring is 1. The number of benzene rings is 2. The number of carbonyl (C=O) groups excluding carboxylic acids is 1.